The van der Waals surface area contributed by atoms with E-state index in [1.54, 1.807) is 0 Å². The van der Waals surface area contributed by atoms with E-state index < -0.39 is 22.9 Å². The number of ether oxygens (including phenoxy) is 1. The lowest BCUT2D eigenvalue weighted by molar-refractivity contribution is -0.384. The fourth-order valence-electron chi connectivity index (χ4n) is 3.25. The topological polar surface area (TPSA) is 98.5 Å². The largest absolute Gasteiger partial charge is 0.449 e. The fourth-order valence-corrected chi connectivity index (χ4v) is 3.45. The van der Waals surface area contributed by atoms with E-state index in [9.17, 15) is 19.7 Å². The van der Waals surface area contributed by atoms with Crippen molar-refractivity contribution < 1.29 is 19.2 Å². The highest BCUT2D eigenvalue weighted by Gasteiger charge is 2.26. The molecular weight excluding hydrogens is 384 g/mol. The molecular formula is C20H19ClN2O5. The standard InChI is InChI=1S/C20H19ClN2O5/c1-12(28-20(25)16-11-14(23(26)27)9-10-17(16)21)19(24)22-18-8-4-6-13-5-2-3-7-15(13)18/h2-3,5,7,9-12,18H,4,6,8H2,1H3,(H,22,24)/t12-,18-/m1/s1. The van der Waals surface area contributed by atoms with E-state index >= 15 is 0 Å². The lowest BCUT2D eigenvalue weighted by Gasteiger charge is -2.27. The lowest BCUT2D eigenvalue weighted by atomic mass is 9.87. The van der Waals surface area contributed by atoms with Crippen molar-refractivity contribution in [1.82, 2.24) is 5.32 Å². The first-order valence-corrected chi connectivity index (χ1v) is 9.27. The Balaban J connectivity index is 1.67. The van der Waals surface area contributed by atoms with Gasteiger partial charge in [0.05, 0.1) is 21.6 Å². The van der Waals surface area contributed by atoms with Gasteiger partial charge in [0, 0.05) is 12.1 Å². The van der Waals surface area contributed by atoms with Gasteiger partial charge in [-0.15, -0.1) is 0 Å². The lowest BCUT2D eigenvalue weighted by Crippen LogP contribution is -2.39. The predicted octanol–water partition coefficient (Wildman–Crippen LogP) is 3.99. The summed E-state index contributed by atoms with van der Waals surface area (Å²) in [5, 5.41) is 13.8. The van der Waals surface area contributed by atoms with E-state index in [0.29, 0.717) is 0 Å². The molecule has 8 heteroatoms. The summed E-state index contributed by atoms with van der Waals surface area (Å²) in [4.78, 5) is 35.1. The molecule has 146 valence electrons. The number of fused-ring (bicyclic) bond motifs is 1. The van der Waals surface area contributed by atoms with Crippen molar-refractivity contribution in [3.63, 3.8) is 0 Å². The Morgan fingerprint density at radius 1 is 1.29 bits per heavy atom. The van der Waals surface area contributed by atoms with Crippen LogP contribution in [-0.2, 0) is 16.0 Å². The average Bonchev–Trinajstić information content (AvgIpc) is 2.68. The summed E-state index contributed by atoms with van der Waals surface area (Å²) in [7, 11) is 0. The summed E-state index contributed by atoms with van der Waals surface area (Å²) in [6.07, 6.45) is 1.66. The van der Waals surface area contributed by atoms with Gasteiger partial charge in [-0.3, -0.25) is 14.9 Å². The Morgan fingerprint density at radius 3 is 2.79 bits per heavy atom. The molecule has 1 N–H and O–H groups in total. The molecule has 2 aromatic rings. The molecule has 0 saturated heterocycles. The molecule has 0 bridgehead atoms. The number of halogens is 1. The van der Waals surface area contributed by atoms with E-state index in [1.165, 1.54) is 24.6 Å². The van der Waals surface area contributed by atoms with Crippen molar-refractivity contribution in [2.45, 2.75) is 38.3 Å². The summed E-state index contributed by atoms with van der Waals surface area (Å²) in [6, 6.07) is 11.3. The number of carbonyl (C=O) groups is 2. The smallest absolute Gasteiger partial charge is 0.340 e. The van der Waals surface area contributed by atoms with Crippen LogP contribution >= 0.6 is 11.6 Å². The molecule has 0 radical (unpaired) electrons. The number of carbonyl (C=O) groups excluding carboxylic acids is 2. The molecule has 0 aromatic heterocycles. The monoisotopic (exact) mass is 402 g/mol. The molecule has 1 amide bonds. The number of benzene rings is 2. The molecule has 2 atom stereocenters. The molecule has 0 spiro atoms. The van der Waals surface area contributed by atoms with Gasteiger partial charge in [-0.05, 0) is 43.4 Å². The summed E-state index contributed by atoms with van der Waals surface area (Å²) < 4.78 is 5.19. The minimum absolute atomic E-state index is 0.0180. The molecule has 0 heterocycles. The molecule has 28 heavy (non-hydrogen) atoms. The summed E-state index contributed by atoms with van der Waals surface area (Å²) in [5.41, 5.74) is 1.83. The van der Waals surface area contributed by atoms with Crippen molar-refractivity contribution >= 4 is 29.2 Å². The summed E-state index contributed by atoms with van der Waals surface area (Å²) >= 11 is 5.95. The number of nitrogens with one attached hydrogen (secondary N) is 1. The highest BCUT2D eigenvalue weighted by atomic mass is 35.5. The Bertz CT molecular complexity index is 931. The maximum absolute atomic E-state index is 12.5. The van der Waals surface area contributed by atoms with Gasteiger partial charge in [0.25, 0.3) is 11.6 Å². The number of nitro benzene ring substituents is 1. The third kappa shape index (κ3) is 4.31. The van der Waals surface area contributed by atoms with Crippen LogP contribution in [0.1, 0.15) is 47.3 Å². The van der Waals surface area contributed by atoms with Crippen LogP contribution in [0.15, 0.2) is 42.5 Å². The van der Waals surface area contributed by atoms with Crippen molar-refractivity contribution in [2.24, 2.45) is 0 Å². The Hall–Kier alpha value is -2.93. The van der Waals surface area contributed by atoms with Crippen LogP contribution in [0.4, 0.5) is 5.69 Å². The fraction of sp³-hybridized carbons (Fsp3) is 0.300. The zero-order valence-electron chi connectivity index (χ0n) is 15.2. The minimum Gasteiger partial charge on any atom is -0.449 e. The number of nitro groups is 1. The van der Waals surface area contributed by atoms with Gasteiger partial charge in [0.1, 0.15) is 0 Å². The number of non-ortho nitro benzene ring substituents is 1. The van der Waals surface area contributed by atoms with Crippen molar-refractivity contribution in [3.8, 4) is 0 Å². The normalized spacial score (nSPS) is 16.6. The molecule has 0 saturated carbocycles. The van der Waals surface area contributed by atoms with Crippen LogP contribution in [0.25, 0.3) is 0 Å². The minimum atomic E-state index is -1.07. The molecule has 7 nitrogen and oxygen atoms in total. The van der Waals surface area contributed by atoms with Crippen molar-refractivity contribution in [1.29, 1.82) is 0 Å². The van der Waals surface area contributed by atoms with E-state index in [0.717, 1.165) is 30.9 Å². The second-order valence-electron chi connectivity index (χ2n) is 6.62. The van der Waals surface area contributed by atoms with E-state index in [1.807, 2.05) is 24.3 Å². The summed E-state index contributed by atoms with van der Waals surface area (Å²) in [6.45, 7) is 1.45. The van der Waals surface area contributed by atoms with Gasteiger partial charge in [-0.1, -0.05) is 35.9 Å². The average molecular weight is 403 g/mol. The van der Waals surface area contributed by atoms with Gasteiger partial charge < -0.3 is 10.1 Å². The van der Waals surface area contributed by atoms with E-state index in [-0.39, 0.29) is 22.3 Å². The molecule has 1 aliphatic carbocycles. The van der Waals surface area contributed by atoms with E-state index in [4.69, 9.17) is 16.3 Å². The molecule has 0 aliphatic heterocycles. The predicted molar refractivity (Wildman–Crippen MR) is 103 cm³/mol. The third-order valence-electron chi connectivity index (χ3n) is 4.72. The zero-order chi connectivity index (χ0) is 20.3. The first kappa shape index (κ1) is 19.8. The van der Waals surface area contributed by atoms with Crippen LogP contribution in [0, 0.1) is 10.1 Å². The zero-order valence-corrected chi connectivity index (χ0v) is 15.9. The Labute approximate surface area is 166 Å². The van der Waals surface area contributed by atoms with Gasteiger partial charge in [-0.25, -0.2) is 4.79 Å². The Morgan fingerprint density at radius 2 is 2.04 bits per heavy atom. The van der Waals surface area contributed by atoms with Gasteiger partial charge in [0.15, 0.2) is 6.10 Å². The SMILES string of the molecule is C[C@@H](OC(=O)c1cc([N+](=O)[O-])ccc1Cl)C(=O)N[C@@H]1CCCc2ccccc21. The molecule has 0 unspecified atom stereocenters. The number of aryl methyl sites for hydroxylation is 1. The van der Waals surface area contributed by atoms with Crippen LogP contribution in [0.5, 0.6) is 0 Å². The van der Waals surface area contributed by atoms with Gasteiger partial charge in [-0.2, -0.15) is 0 Å². The van der Waals surface area contributed by atoms with Crippen LogP contribution in [0.3, 0.4) is 0 Å². The van der Waals surface area contributed by atoms with Crippen molar-refractivity contribution in [3.05, 3.63) is 74.3 Å². The van der Waals surface area contributed by atoms with Crippen LogP contribution < -0.4 is 5.32 Å². The second-order valence-corrected chi connectivity index (χ2v) is 7.03. The number of esters is 1. The third-order valence-corrected chi connectivity index (χ3v) is 5.05. The molecule has 2 aromatic carbocycles. The first-order valence-electron chi connectivity index (χ1n) is 8.90. The Kier molecular flexibility index (Phi) is 5.94. The van der Waals surface area contributed by atoms with Gasteiger partial charge in [0.2, 0.25) is 0 Å². The summed E-state index contributed by atoms with van der Waals surface area (Å²) in [5.74, 6) is -1.32. The number of nitrogens with zero attached hydrogens (tertiary/aromatic N) is 1. The molecule has 1 aliphatic rings. The maximum atomic E-state index is 12.5. The molecule has 3 rings (SSSR count). The number of hydrogen-bond acceptors (Lipinski definition) is 5. The number of hydrogen-bond donors (Lipinski definition) is 1. The number of amides is 1. The van der Waals surface area contributed by atoms with E-state index in [2.05, 4.69) is 5.32 Å². The second kappa shape index (κ2) is 8.39. The van der Waals surface area contributed by atoms with Gasteiger partial charge >= 0.3 is 5.97 Å². The maximum Gasteiger partial charge on any atom is 0.340 e. The van der Waals surface area contributed by atoms with Crippen molar-refractivity contribution in [2.75, 3.05) is 0 Å². The van der Waals surface area contributed by atoms with Crippen LogP contribution in [0.2, 0.25) is 5.02 Å². The van der Waals surface area contributed by atoms with Crippen LogP contribution in [-0.4, -0.2) is 22.9 Å². The highest BCUT2D eigenvalue weighted by Crippen LogP contribution is 2.29. The highest BCUT2D eigenvalue weighted by molar-refractivity contribution is 6.33. The molecule has 0 fully saturated rings. The quantitative estimate of drug-likeness (QED) is 0.463. The number of rotatable bonds is 5. The first-order chi connectivity index (χ1) is 13.4.